The zero-order chi connectivity index (χ0) is 12.8. The summed E-state index contributed by atoms with van der Waals surface area (Å²) in [7, 11) is 0. The Balaban J connectivity index is 2.65. The van der Waals surface area contributed by atoms with Gasteiger partial charge in [-0.3, -0.25) is 0 Å². The molecule has 0 saturated heterocycles. The molecule has 4 heteroatoms. The fourth-order valence-electron chi connectivity index (χ4n) is 1.95. The summed E-state index contributed by atoms with van der Waals surface area (Å²) in [5.41, 5.74) is 6.85. The van der Waals surface area contributed by atoms with Gasteiger partial charge in [-0.2, -0.15) is 0 Å². The third kappa shape index (κ3) is 5.04. The van der Waals surface area contributed by atoms with Crippen molar-refractivity contribution in [1.82, 2.24) is 5.32 Å². The first-order valence-corrected chi connectivity index (χ1v) is 6.30. The number of nitrogens with two attached hydrogens (primary N) is 1. The predicted octanol–water partition coefficient (Wildman–Crippen LogP) is 2.09. The van der Waals surface area contributed by atoms with Crippen LogP contribution in [0, 0.1) is 0 Å². The van der Waals surface area contributed by atoms with E-state index in [4.69, 9.17) is 17.3 Å². The highest BCUT2D eigenvalue weighted by molar-refractivity contribution is 6.30. The van der Waals surface area contributed by atoms with Crippen molar-refractivity contribution in [3.8, 4) is 0 Å². The first-order chi connectivity index (χ1) is 8.02. The number of hydrogen-bond donors (Lipinski definition) is 3. The van der Waals surface area contributed by atoms with E-state index in [1.54, 1.807) is 6.92 Å². The molecule has 0 saturated carbocycles. The summed E-state index contributed by atoms with van der Waals surface area (Å²) in [6, 6.07) is 7.97. The second-order valence-corrected chi connectivity index (χ2v) is 4.93. The van der Waals surface area contributed by atoms with Crippen molar-refractivity contribution in [1.29, 1.82) is 0 Å². The highest BCUT2D eigenvalue weighted by atomic mass is 35.5. The van der Waals surface area contributed by atoms with Crippen molar-refractivity contribution >= 4 is 11.6 Å². The predicted molar refractivity (Wildman–Crippen MR) is 72.1 cm³/mol. The number of aliphatic hydroxyl groups is 1. The van der Waals surface area contributed by atoms with Crippen LogP contribution in [0.1, 0.15) is 31.9 Å². The molecule has 3 unspecified atom stereocenters. The Bertz CT molecular complexity index is 344. The van der Waals surface area contributed by atoms with Crippen LogP contribution in [0.15, 0.2) is 24.3 Å². The standard InChI is InChI=1S/C13H21ClN2O/c1-9(6-10(2)17)16-13(8-15)11-4-3-5-12(14)7-11/h3-5,7,9-10,13,16-17H,6,8,15H2,1-2H3. The Morgan fingerprint density at radius 3 is 2.65 bits per heavy atom. The number of aliphatic hydroxyl groups excluding tert-OH is 1. The summed E-state index contributed by atoms with van der Waals surface area (Å²) in [5.74, 6) is 0. The minimum atomic E-state index is -0.310. The molecule has 0 bridgehead atoms. The maximum atomic E-state index is 9.33. The van der Waals surface area contributed by atoms with Gasteiger partial charge in [0.2, 0.25) is 0 Å². The van der Waals surface area contributed by atoms with Gasteiger partial charge in [0.25, 0.3) is 0 Å². The lowest BCUT2D eigenvalue weighted by atomic mass is 10.0. The van der Waals surface area contributed by atoms with Crippen LogP contribution in [0.2, 0.25) is 5.02 Å². The monoisotopic (exact) mass is 256 g/mol. The summed E-state index contributed by atoms with van der Waals surface area (Å²) < 4.78 is 0. The molecular formula is C13H21ClN2O. The van der Waals surface area contributed by atoms with Crippen molar-refractivity contribution in [2.45, 2.75) is 38.5 Å². The molecule has 0 aliphatic rings. The molecule has 96 valence electrons. The van der Waals surface area contributed by atoms with E-state index in [0.29, 0.717) is 18.0 Å². The van der Waals surface area contributed by atoms with E-state index in [1.165, 1.54) is 0 Å². The van der Waals surface area contributed by atoms with Crippen molar-refractivity contribution in [2.24, 2.45) is 5.73 Å². The molecule has 1 rings (SSSR count). The smallest absolute Gasteiger partial charge is 0.0526 e. The van der Waals surface area contributed by atoms with Crippen LogP contribution in [0.4, 0.5) is 0 Å². The lowest BCUT2D eigenvalue weighted by molar-refractivity contribution is 0.168. The van der Waals surface area contributed by atoms with Gasteiger partial charge in [-0.15, -0.1) is 0 Å². The van der Waals surface area contributed by atoms with E-state index in [-0.39, 0.29) is 18.2 Å². The molecule has 1 aromatic carbocycles. The number of benzene rings is 1. The number of hydrogen-bond acceptors (Lipinski definition) is 3. The first kappa shape index (κ1) is 14.5. The second-order valence-electron chi connectivity index (χ2n) is 4.50. The molecule has 0 amide bonds. The summed E-state index contributed by atoms with van der Waals surface area (Å²) in [4.78, 5) is 0. The topological polar surface area (TPSA) is 58.3 Å². The molecule has 0 aliphatic carbocycles. The number of rotatable bonds is 6. The summed E-state index contributed by atoms with van der Waals surface area (Å²) >= 11 is 5.96. The van der Waals surface area contributed by atoms with Gasteiger partial charge >= 0.3 is 0 Å². The number of nitrogens with one attached hydrogen (secondary N) is 1. The molecular weight excluding hydrogens is 236 g/mol. The third-order valence-corrected chi connectivity index (χ3v) is 2.90. The van der Waals surface area contributed by atoms with Gasteiger partial charge in [0.05, 0.1) is 6.10 Å². The summed E-state index contributed by atoms with van der Waals surface area (Å²) in [6.45, 7) is 4.33. The van der Waals surface area contributed by atoms with Crippen molar-refractivity contribution < 1.29 is 5.11 Å². The fourth-order valence-corrected chi connectivity index (χ4v) is 2.15. The number of halogens is 1. The summed E-state index contributed by atoms with van der Waals surface area (Å²) in [6.07, 6.45) is 0.396. The van der Waals surface area contributed by atoms with Crippen LogP contribution in [0.25, 0.3) is 0 Å². The average Bonchev–Trinajstić information content (AvgIpc) is 2.24. The van der Waals surface area contributed by atoms with Crippen molar-refractivity contribution in [2.75, 3.05) is 6.54 Å². The highest BCUT2D eigenvalue weighted by Gasteiger charge is 2.14. The van der Waals surface area contributed by atoms with Crippen LogP contribution in [0.5, 0.6) is 0 Å². The van der Waals surface area contributed by atoms with Crippen LogP contribution in [-0.2, 0) is 0 Å². The van der Waals surface area contributed by atoms with Crippen LogP contribution < -0.4 is 11.1 Å². The van der Waals surface area contributed by atoms with E-state index >= 15 is 0 Å². The largest absolute Gasteiger partial charge is 0.393 e. The molecule has 3 atom stereocenters. The maximum absolute atomic E-state index is 9.33. The zero-order valence-electron chi connectivity index (χ0n) is 10.4. The SMILES string of the molecule is CC(O)CC(C)NC(CN)c1cccc(Cl)c1. The Kier molecular flexibility index (Phi) is 5.92. The maximum Gasteiger partial charge on any atom is 0.0526 e. The third-order valence-electron chi connectivity index (χ3n) is 2.67. The Morgan fingerprint density at radius 1 is 1.41 bits per heavy atom. The first-order valence-electron chi connectivity index (χ1n) is 5.92. The van der Waals surface area contributed by atoms with E-state index in [0.717, 1.165) is 5.56 Å². The van der Waals surface area contributed by atoms with Gasteiger partial charge in [0, 0.05) is 23.7 Å². The van der Waals surface area contributed by atoms with Gasteiger partial charge in [-0.1, -0.05) is 23.7 Å². The molecule has 17 heavy (non-hydrogen) atoms. The molecule has 0 aliphatic heterocycles. The lowest BCUT2D eigenvalue weighted by Crippen LogP contribution is -2.36. The molecule has 0 spiro atoms. The van der Waals surface area contributed by atoms with Crippen molar-refractivity contribution in [3.63, 3.8) is 0 Å². The molecule has 4 N–H and O–H groups in total. The van der Waals surface area contributed by atoms with Gasteiger partial charge < -0.3 is 16.2 Å². The van der Waals surface area contributed by atoms with Gasteiger partial charge in [-0.25, -0.2) is 0 Å². The minimum absolute atomic E-state index is 0.0717. The van der Waals surface area contributed by atoms with Crippen LogP contribution in [-0.4, -0.2) is 23.8 Å². The zero-order valence-corrected chi connectivity index (χ0v) is 11.1. The highest BCUT2D eigenvalue weighted by Crippen LogP contribution is 2.18. The van der Waals surface area contributed by atoms with E-state index < -0.39 is 0 Å². The van der Waals surface area contributed by atoms with E-state index in [2.05, 4.69) is 5.32 Å². The van der Waals surface area contributed by atoms with Gasteiger partial charge in [-0.05, 0) is 38.0 Å². The normalized spacial score (nSPS) is 16.5. The fraction of sp³-hybridized carbons (Fsp3) is 0.538. The van der Waals surface area contributed by atoms with Crippen molar-refractivity contribution in [3.05, 3.63) is 34.9 Å². The Hall–Kier alpha value is -0.610. The molecule has 0 radical (unpaired) electrons. The van der Waals surface area contributed by atoms with Crippen LogP contribution in [0.3, 0.4) is 0 Å². The lowest BCUT2D eigenvalue weighted by Gasteiger charge is -2.23. The Labute approximate surface area is 108 Å². The second kappa shape index (κ2) is 6.97. The summed E-state index contributed by atoms with van der Waals surface area (Å²) in [5, 5.41) is 13.4. The average molecular weight is 257 g/mol. The molecule has 1 aromatic rings. The van der Waals surface area contributed by atoms with E-state index in [9.17, 15) is 5.11 Å². The molecule has 0 heterocycles. The quantitative estimate of drug-likeness (QED) is 0.731. The van der Waals surface area contributed by atoms with Crippen LogP contribution >= 0.6 is 11.6 Å². The molecule has 3 nitrogen and oxygen atoms in total. The Morgan fingerprint density at radius 2 is 2.12 bits per heavy atom. The van der Waals surface area contributed by atoms with Gasteiger partial charge in [0.1, 0.15) is 0 Å². The van der Waals surface area contributed by atoms with Gasteiger partial charge in [0.15, 0.2) is 0 Å². The molecule has 0 aromatic heterocycles. The molecule has 0 fully saturated rings. The minimum Gasteiger partial charge on any atom is -0.393 e. The van der Waals surface area contributed by atoms with E-state index in [1.807, 2.05) is 31.2 Å².